The zero-order valence-corrected chi connectivity index (χ0v) is 17.8. The molecule has 0 saturated carbocycles. The Hall–Kier alpha value is -1.95. The van der Waals surface area contributed by atoms with Crippen molar-refractivity contribution >= 4 is 22.4 Å². The summed E-state index contributed by atoms with van der Waals surface area (Å²) in [7, 11) is 0. The quantitative estimate of drug-likeness (QED) is 0.583. The minimum Gasteiger partial charge on any atom is -0.389 e. The smallest absolute Gasteiger partial charge is 0.109 e. The number of alkyl halides is 1. The SMILES string of the molecule is C[C@H](c1cccc2ccccc12)N1C[C@@H](O)[C@H](O)[C@H](OCc2ccccc2)[C@H]1CCl. The van der Waals surface area contributed by atoms with Crippen molar-refractivity contribution in [1.82, 2.24) is 4.90 Å². The molecule has 0 bridgehead atoms. The van der Waals surface area contributed by atoms with E-state index >= 15 is 0 Å². The van der Waals surface area contributed by atoms with Crippen LogP contribution in [0.2, 0.25) is 0 Å². The maximum atomic E-state index is 10.7. The van der Waals surface area contributed by atoms with E-state index in [4.69, 9.17) is 16.3 Å². The average molecular weight is 426 g/mol. The standard InChI is InChI=1S/C25H28ClNO3/c1-17(20-13-7-11-19-10-5-6-12-21(19)20)27-15-23(28)24(29)25(22(27)14-26)30-16-18-8-3-2-4-9-18/h2-13,17,22-25,28-29H,14-16H2,1H3/t17-,22-,23-,24+,25-/m1/s1. The fourth-order valence-corrected chi connectivity index (χ4v) is 4.84. The number of hydrogen-bond donors (Lipinski definition) is 2. The highest BCUT2D eigenvalue weighted by atomic mass is 35.5. The second-order valence-electron chi connectivity index (χ2n) is 7.98. The molecule has 30 heavy (non-hydrogen) atoms. The molecule has 5 atom stereocenters. The number of rotatable bonds is 6. The van der Waals surface area contributed by atoms with Crippen LogP contribution in [0.4, 0.5) is 0 Å². The first-order chi connectivity index (χ1) is 14.6. The van der Waals surface area contributed by atoms with Crippen molar-refractivity contribution in [1.29, 1.82) is 0 Å². The molecule has 1 fully saturated rings. The molecular weight excluding hydrogens is 398 g/mol. The molecule has 0 radical (unpaired) electrons. The fraction of sp³-hybridized carbons (Fsp3) is 0.360. The summed E-state index contributed by atoms with van der Waals surface area (Å²) >= 11 is 6.40. The lowest BCUT2D eigenvalue weighted by molar-refractivity contribution is -0.166. The van der Waals surface area contributed by atoms with Gasteiger partial charge in [-0.3, -0.25) is 4.90 Å². The van der Waals surface area contributed by atoms with Crippen molar-refractivity contribution in [2.24, 2.45) is 0 Å². The fourth-order valence-electron chi connectivity index (χ4n) is 4.49. The van der Waals surface area contributed by atoms with Gasteiger partial charge in [0.25, 0.3) is 0 Å². The number of β-amino-alcohol motifs (C(OH)–C–C–N with tert-alkyl or cyclic N) is 1. The zero-order valence-electron chi connectivity index (χ0n) is 17.1. The summed E-state index contributed by atoms with van der Waals surface area (Å²) in [5.41, 5.74) is 2.19. The third-order valence-electron chi connectivity index (χ3n) is 6.15. The summed E-state index contributed by atoms with van der Waals surface area (Å²) in [6.45, 7) is 2.83. The number of likely N-dealkylation sites (tertiary alicyclic amines) is 1. The summed E-state index contributed by atoms with van der Waals surface area (Å²) in [5, 5.41) is 23.7. The van der Waals surface area contributed by atoms with Crippen LogP contribution in [0.1, 0.15) is 24.1 Å². The summed E-state index contributed by atoms with van der Waals surface area (Å²) < 4.78 is 6.12. The summed E-state index contributed by atoms with van der Waals surface area (Å²) in [4.78, 5) is 2.17. The van der Waals surface area contributed by atoms with Gasteiger partial charge in [-0.05, 0) is 28.8 Å². The predicted molar refractivity (Wildman–Crippen MR) is 121 cm³/mol. The van der Waals surface area contributed by atoms with Crippen LogP contribution in [0.15, 0.2) is 72.8 Å². The third-order valence-corrected chi connectivity index (χ3v) is 6.46. The first-order valence-corrected chi connectivity index (χ1v) is 10.9. The molecule has 1 aliphatic heterocycles. The van der Waals surface area contributed by atoms with Gasteiger partial charge in [-0.2, -0.15) is 0 Å². The number of aliphatic hydroxyl groups excluding tert-OH is 2. The number of piperidine rings is 1. The second-order valence-corrected chi connectivity index (χ2v) is 8.29. The van der Waals surface area contributed by atoms with E-state index in [9.17, 15) is 10.2 Å². The van der Waals surface area contributed by atoms with Crippen LogP contribution in [0, 0.1) is 0 Å². The highest BCUT2D eigenvalue weighted by Crippen LogP contribution is 2.34. The van der Waals surface area contributed by atoms with Crippen LogP contribution in [0.25, 0.3) is 10.8 Å². The summed E-state index contributed by atoms with van der Waals surface area (Å²) in [5.74, 6) is 0.304. The number of hydrogen-bond acceptors (Lipinski definition) is 4. The molecule has 1 heterocycles. The van der Waals surface area contributed by atoms with Crippen molar-refractivity contribution in [3.8, 4) is 0 Å². The average Bonchev–Trinajstić information content (AvgIpc) is 2.79. The van der Waals surface area contributed by atoms with Crippen LogP contribution >= 0.6 is 11.6 Å². The highest BCUT2D eigenvalue weighted by molar-refractivity contribution is 6.18. The molecule has 0 spiro atoms. The molecule has 0 aromatic heterocycles. The lowest BCUT2D eigenvalue weighted by atomic mass is 9.90. The lowest BCUT2D eigenvalue weighted by Crippen LogP contribution is -2.63. The Bertz CT molecular complexity index is 962. The van der Waals surface area contributed by atoms with Gasteiger partial charge >= 0.3 is 0 Å². The van der Waals surface area contributed by atoms with Crippen molar-refractivity contribution in [3.05, 3.63) is 83.9 Å². The highest BCUT2D eigenvalue weighted by Gasteiger charge is 2.44. The molecule has 3 aromatic rings. The Labute approximate surface area is 182 Å². The molecule has 4 nitrogen and oxygen atoms in total. The largest absolute Gasteiger partial charge is 0.389 e. The molecule has 4 rings (SSSR count). The van der Waals surface area contributed by atoms with E-state index in [0.29, 0.717) is 19.0 Å². The number of nitrogens with zero attached hydrogens (tertiary/aromatic N) is 1. The molecule has 158 valence electrons. The molecular formula is C25H28ClNO3. The topological polar surface area (TPSA) is 52.9 Å². The van der Waals surface area contributed by atoms with Gasteiger partial charge in [0.1, 0.15) is 12.2 Å². The van der Waals surface area contributed by atoms with E-state index in [1.165, 1.54) is 16.3 Å². The summed E-state index contributed by atoms with van der Waals surface area (Å²) in [6.07, 6.45) is -2.46. The Balaban J connectivity index is 1.61. The van der Waals surface area contributed by atoms with Crippen molar-refractivity contribution in [2.75, 3.05) is 12.4 Å². The van der Waals surface area contributed by atoms with Gasteiger partial charge in [0.05, 0.1) is 18.8 Å². The van der Waals surface area contributed by atoms with E-state index in [1.807, 2.05) is 42.5 Å². The lowest BCUT2D eigenvalue weighted by Gasteiger charge is -2.47. The first kappa shape index (κ1) is 21.3. The van der Waals surface area contributed by atoms with Crippen LogP contribution in [0.3, 0.4) is 0 Å². The third kappa shape index (κ3) is 4.25. The molecule has 0 unspecified atom stereocenters. The molecule has 5 heteroatoms. The van der Waals surface area contributed by atoms with Gasteiger partial charge in [-0.15, -0.1) is 11.6 Å². The van der Waals surface area contributed by atoms with Gasteiger partial charge in [0.15, 0.2) is 0 Å². The van der Waals surface area contributed by atoms with Gasteiger partial charge in [0, 0.05) is 18.5 Å². The number of ether oxygens (including phenoxy) is 1. The van der Waals surface area contributed by atoms with Gasteiger partial charge in [0.2, 0.25) is 0 Å². The van der Waals surface area contributed by atoms with Gasteiger partial charge in [-0.1, -0.05) is 72.8 Å². The van der Waals surface area contributed by atoms with E-state index in [-0.39, 0.29) is 12.1 Å². The minimum absolute atomic E-state index is 0.00447. The van der Waals surface area contributed by atoms with Crippen molar-refractivity contribution in [3.63, 3.8) is 0 Å². The van der Waals surface area contributed by atoms with E-state index in [2.05, 4.69) is 42.2 Å². The van der Waals surface area contributed by atoms with Crippen LogP contribution in [-0.2, 0) is 11.3 Å². The molecule has 1 saturated heterocycles. The molecule has 2 N–H and O–H groups in total. The van der Waals surface area contributed by atoms with Crippen LogP contribution in [-0.4, -0.2) is 51.9 Å². The minimum atomic E-state index is -0.978. The molecule has 3 aromatic carbocycles. The summed E-state index contributed by atoms with van der Waals surface area (Å²) in [6, 6.07) is 24.2. The predicted octanol–water partition coefficient (Wildman–Crippen LogP) is 4.13. The maximum Gasteiger partial charge on any atom is 0.109 e. The molecule has 0 amide bonds. The molecule has 1 aliphatic rings. The first-order valence-electron chi connectivity index (χ1n) is 10.4. The zero-order chi connectivity index (χ0) is 21.1. The Morgan fingerprint density at radius 1 is 1.00 bits per heavy atom. The monoisotopic (exact) mass is 425 g/mol. The number of benzene rings is 3. The van der Waals surface area contributed by atoms with Crippen LogP contribution < -0.4 is 0 Å². The second kappa shape index (κ2) is 9.46. The van der Waals surface area contributed by atoms with Crippen molar-refractivity contribution < 1.29 is 14.9 Å². The Morgan fingerprint density at radius 2 is 1.70 bits per heavy atom. The maximum absolute atomic E-state index is 10.7. The van der Waals surface area contributed by atoms with E-state index in [0.717, 1.165) is 5.56 Å². The molecule has 0 aliphatic carbocycles. The van der Waals surface area contributed by atoms with Gasteiger partial charge < -0.3 is 14.9 Å². The number of halogens is 1. The van der Waals surface area contributed by atoms with Crippen LogP contribution in [0.5, 0.6) is 0 Å². The Morgan fingerprint density at radius 3 is 2.47 bits per heavy atom. The van der Waals surface area contributed by atoms with Crippen molar-refractivity contribution in [2.45, 2.75) is 43.9 Å². The number of fused-ring (bicyclic) bond motifs is 1. The number of aliphatic hydroxyl groups is 2. The van der Waals surface area contributed by atoms with E-state index in [1.54, 1.807) is 0 Å². The Kier molecular flexibility index (Phi) is 6.71. The van der Waals surface area contributed by atoms with E-state index < -0.39 is 18.3 Å². The normalized spacial score (nSPS) is 26.0. The van der Waals surface area contributed by atoms with Gasteiger partial charge in [-0.25, -0.2) is 0 Å².